The summed E-state index contributed by atoms with van der Waals surface area (Å²) in [6, 6.07) is 13.7. The third-order valence-electron chi connectivity index (χ3n) is 14.1. The van der Waals surface area contributed by atoms with Crippen LogP contribution in [0.2, 0.25) is 0 Å². The molecule has 3 aromatic heterocycles. The number of amides is 6. The van der Waals surface area contributed by atoms with Gasteiger partial charge in [0.2, 0.25) is 23.6 Å². The maximum absolute atomic E-state index is 13.8. The van der Waals surface area contributed by atoms with Gasteiger partial charge in [0.05, 0.1) is 36.0 Å². The average molecular weight is 936 g/mol. The van der Waals surface area contributed by atoms with Gasteiger partial charge in [0, 0.05) is 67.3 Å². The number of nitrogens with two attached hydrogens (primary N) is 1. The zero-order chi connectivity index (χ0) is 48.1. The van der Waals surface area contributed by atoms with Gasteiger partial charge in [-0.1, -0.05) is 62.7 Å². The first-order valence-corrected chi connectivity index (χ1v) is 24.0. The molecule has 5 aromatic rings. The number of imide groups is 2. The molecule has 5 aliphatic rings. The number of nitrogens with zero attached hydrogens (tertiary/aromatic N) is 7. The van der Waals surface area contributed by atoms with Crippen molar-refractivity contribution in [2.75, 3.05) is 48.7 Å². The van der Waals surface area contributed by atoms with Crippen molar-refractivity contribution in [1.29, 1.82) is 0 Å². The topological polar surface area (TPSA) is 230 Å². The smallest absolute Gasteiger partial charge is 0.262 e. The van der Waals surface area contributed by atoms with Gasteiger partial charge in [-0.05, 0) is 74.3 Å². The molecule has 5 N–H and O–H groups in total. The van der Waals surface area contributed by atoms with E-state index in [0.29, 0.717) is 49.1 Å². The zero-order valence-electron chi connectivity index (χ0n) is 39.1. The van der Waals surface area contributed by atoms with Gasteiger partial charge in [-0.2, -0.15) is 0 Å². The van der Waals surface area contributed by atoms with Crippen molar-refractivity contribution in [3.05, 3.63) is 94.8 Å². The van der Waals surface area contributed by atoms with Crippen LogP contribution in [0.25, 0.3) is 22.9 Å². The number of hydrogen-bond donors (Lipinski definition) is 4. The summed E-state index contributed by atoms with van der Waals surface area (Å²) in [7, 11) is 0. The van der Waals surface area contributed by atoms with Crippen molar-refractivity contribution in [2.24, 2.45) is 5.92 Å². The van der Waals surface area contributed by atoms with E-state index >= 15 is 0 Å². The van der Waals surface area contributed by atoms with Gasteiger partial charge in [0.25, 0.3) is 11.8 Å². The molecule has 6 amide bonds. The Morgan fingerprint density at radius 1 is 0.942 bits per heavy atom. The van der Waals surface area contributed by atoms with Crippen LogP contribution in [0.15, 0.2) is 65.3 Å². The maximum atomic E-state index is 13.8. The summed E-state index contributed by atoms with van der Waals surface area (Å²) in [6.07, 6.45) is 11.3. The number of benzene rings is 2. The van der Waals surface area contributed by atoms with E-state index in [2.05, 4.69) is 52.4 Å². The molecule has 1 saturated carbocycles. The highest BCUT2D eigenvalue weighted by Gasteiger charge is 2.45. The minimum absolute atomic E-state index is 0.00818. The number of carbonyl (C=O) groups is 6. The van der Waals surface area contributed by atoms with Crippen LogP contribution in [0.4, 0.5) is 17.3 Å². The summed E-state index contributed by atoms with van der Waals surface area (Å²) in [5, 5.41) is 12.5. The fourth-order valence-electron chi connectivity index (χ4n) is 10.6. The van der Waals surface area contributed by atoms with Crippen molar-refractivity contribution in [3.8, 4) is 11.3 Å². The first-order valence-electron chi connectivity index (χ1n) is 24.0. The molecule has 4 atom stereocenters. The predicted molar refractivity (Wildman–Crippen MR) is 257 cm³/mol. The number of hydrogen-bond acceptors (Lipinski definition) is 13. The normalized spacial score (nSPS) is 22.9. The van der Waals surface area contributed by atoms with Gasteiger partial charge in [-0.3, -0.25) is 48.3 Å². The molecule has 18 nitrogen and oxygen atoms in total. The Balaban J connectivity index is 0.839. The second kappa shape index (κ2) is 18.4. The average Bonchev–Trinajstić information content (AvgIpc) is 4.12. The van der Waals surface area contributed by atoms with E-state index in [9.17, 15) is 28.8 Å². The Labute approximate surface area is 399 Å². The molecule has 2 aromatic carbocycles. The lowest BCUT2D eigenvalue weighted by Crippen LogP contribution is -2.54. The van der Waals surface area contributed by atoms with Crippen LogP contribution >= 0.6 is 0 Å². The monoisotopic (exact) mass is 935 g/mol. The van der Waals surface area contributed by atoms with E-state index in [4.69, 9.17) is 15.2 Å². The van der Waals surface area contributed by atoms with Gasteiger partial charge in [0.15, 0.2) is 5.82 Å². The Bertz CT molecular complexity index is 2910. The van der Waals surface area contributed by atoms with Crippen LogP contribution in [0.5, 0.6) is 0 Å². The lowest BCUT2D eigenvalue weighted by molar-refractivity contribution is -0.136. The van der Waals surface area contributed by atoms with Crippen LogP contribution in [-0.2, 0) is 31.0 Å². The highest BCUT2D eigenvalue weighted by atomic mass is 16.5. The third kappa shape index (κ3) is 9.24. The standard InChI is InChI=1S/C51H57N11O7/c1-51(2,3)39-24-40(58-69-39)55-42(64)21-29-10-12-31(13-11-29)44-45-46(52)53-25-35-9-4-5-19-59(28-43(65)54-33-8-6-7-32(22-33)47(57-44)61(35)45)26-30-18-20-60(27-30)34-14-15-36-37(23-34)50(68)62(49(36)67)38-16-17-41(63)56-48(38)66/h4,9-15,23-25,30,32-33,38H,5-8,16-22,26-28H2,1-3H3,(H2,52,53)(H,54,65)(H,55,58,64)(H,56,63,66)/b9-4+/t30-,32-,33-,38?/m1/s1. The molecule has 3 fully saturated rings. The molecular weight excluding hydrogens is 879 g/mol. The number of rotatable bonds is 8. The SMILES string of the molecule is CC(C)(C)c1cc(NC(=O)Cc2ccc(-c3nc4n5c(cnc(N)c35)/C=C/CCN(C[C@H]3CCN(c5ccc6c(c5)C(=O)N(C5CCC(=O)NC5=O)C6=O)C3)CC(=O)N[C@@H]3CCC[C@@H]4C3)cc2)no1. The van der Waals surface area contributed by atoms with E-state index in [1.54, 1.807) is 24.4 Å². The Kier molecular flexibility index (Phi) is 12.1. The fourth-order valence-corrected chi connectivity index (χ4v) is 10.6. The molecule has 358 valence electrons. The minimum Gasteiger partial charge on any atom is -0.382 e. The molecule has 0 radical (unpaired) electrons. The Hall–Kier alpha value is -7.21. The summed E-state index contributed by atoms with van der Waals surface area (Å²) in [6.45, 7) is 9.10. The molecule has 69 heavy (non-hydrogen) atoms. The molecule has 4 aliphatic heterocycles. The van der Waals surface area contributed by atoms with Gasteiger partial charge >= 0.3 is 0 Å². The Morgan fingerprint density at radius 2 is 1.75 bits per heavy atom. The number of nitrogens with one attached hydrogen (secondary N) is 3. The first-order chi connectivity index (χ1) is 33.2. The van der Waals surface area contributed by atoms with E-state index in [0.717, 1.165) is 77.4 Å². The van der Waals surface area contributed by atoms with Crippen LogP contribution in [0.1, 0.15) is 122 Å². The number of aromatic nitrogens is 4. The van der Waals surface area contributed by atoms with Crippen LogP contribution < -0.4 is 26.6 Å². The van der Waals surface area contributed by atoms with E-state index in [-0.39, 0.29) is 72.0 Å². The van der Waals surface area contributed by atoms with Crippen LogP contribution in [-0.4, -0.2) is 110 Å². The third-order valence-corrected chi connectivity index (χ3v) is 14.1. The summed E-state index contributed by atoms with van der Waals surface area (Å²) in [5.41, 5.74) is 11.8. The molecular formula is C51H57N11O7. The minimum atomic E-state index is -1.02. The lowest BCUT2D eigenvalue weighted by atomic mass is 9.85. The second-order valence-corrected chi connectivity index (χ2v) is 20.2. The van der Waals surface area contributed by atoms with Gasteiger partial charge in [-0.15, -0.1) is 0 Å². The fraction of sp³-hybridized carbons (Fsp3) is 0.431. The summed E-state index contributed by atoms with van der Waals surface area (Å²) < 4.78 is 7.57. The van der Waals surface area contributed by atoms with Crippen LogP contribution in [0.3, 0.4) is 0 Å². The van der Waals surface area contributed by atoms with Crippen molar-refractivity contribution in [1.82, 2.24) is 40.0 Å². The summed E-state index contributed by atoms with van der Waals surface area (Å²) in [5.74, 6) is 0.286. The Morgan fingerprint density at radius 3 is 2.54 bits per heavy atom. The van der Waals surface area contributed by atoms with Crippen molar-refractivity contribution >= 4 is 64.4 Å². The van der Waals surface area contributed by atoms with E-state index in [1.165, 1.54) is 0 Å². The molecule has 18 heteroatoms. The van der Waals surface area contributed by atoms with Gasteiger partial charge in [0.1, 0.15) is 34.7 Å². The highest BCUT2D eigenvalue weighted by molar-refractivity contribution is 6.23. The number of carbonyl (C=O) groups excluding carboxylic acids is 6. The van der Waals surface area contributed by atoms with Crippen molar-refractivity contribution in [3.63, 3.8) is 0 Å². The second-order valence-electron chi connectivity index (χ2n) is 20.2. The number of fused-ring (bicyclic) bond motifs is 4. The zero-order valence-corrected chi connectivity index (χ0v) is 39.1. The summed E-state index contributed by atoms with van der Waals surface area (Å²) in [4.78, 5) is 93.4. The number of anilines is 3. The molecule has 1 aliphatic carbocycles. The number of imidazole rings is 1. The molecule has 2 bridgehead atoms. The molecule has 7 heterocycles. The lowest BCUT2D eigenvalue weighted by Gasteiger charge is -2.31. The highest BCUT2D eigenvalue weighted by Crippen LogP contribution is 2.39. The summed E-state index contributed by atoms with van der Waals surface area (Å²) >= 11 is 0. The number of nitrogen functional groups attached to an aromatic ring is 1. The van der Waals surface area contributed by atoms with Gasteiger partial charge in [-0.25, -0.2) is 9.97 Å². The number of piperidine rings is 1. The van der Waals surface area contributed by atoms with Crippen molar-refractivity contribution in [2.45, 2.75) is 102 Å². The van der Waals surface area contributed by atoms with E-state index in [1.807, 2.05) is 51.1 Å². The molecule has 2 saturated heterocycles. The van der Waals surface area contributed by atoms with Gasteiger partial charge < -0.3 is 25.8 Å². The van der Waals surface area contributed by atoms with Crippen LogP contribution in [0, 0.1) is 5.92 Å². The van der Waals surface area contributed by atoms with Crippen molar-refractivity contribution < 1.29 is 33.3 Å². The molecule has 1 unspecified atom stereocenters. The van der Waals surface area contributed by atoms with E-state index < -0.39 is 29.7 Å². The maximum Gasteiger partial charge on any atom is 0.262 e. The quantitative estimate of drug-likeness (QED) is 0.146. The molecule has 0 spiro atoms. The molecule has 10 rings (SSSR count). The predicted octanol–water partition coefficient (Wildman–Crippen LogP) is 5.23. The first kappa shape index (κ1) is 45.6. The largest absolute Gasteiger partial charge is 0.382 e.